The van der Waals surface area contributed by atoms with Gasteiger partial charge in [-0.05, 0) is 42.3 Å². The van der Waals surface area contributed by atoms with Crippen LogP contribution in [0.2, 0.25) is 0 Å². The van der Waals surface area contributed by atoms with E-state index in [-0.39, 0.29) is 6.10 Å². The highest BCUT2D eigenvalue weighted by molar-refractivity contribution is 9.10. The second-order valence-corrected chi connectivity index (χ2v) is 7.22. The molecule has 20 heavy (non-hydrogen) atoms. The van der Waals surface area contributed by atoms with Crippen molar-refractivity contribution in [1.82, 2.24) is 5.32 Å². The van der Waals surface area contributed by atoms with E-state index in [1.54, 1.807) is 0 Å². The van der Waals surface area contributed by atoms with Crippen LogP contribution in [0.1, 0.15) is 22.2 Å². The highest BCUT2D eigenvalue weighted by Crippen LogP contribution is 2.31. The molecular formula is C16H18BrNOS. The van der Waals surface area contributed by atoms with E-state index < -0.39 is 0 Å². The zero-order chi connectivity index (χ0) is 13.9. The van der Waals surface area contributed by atoms with Crippen molar-refractivity contribution in [3.8, 4) is 5.75 Å². The average Bonchev–Trinajstić information content (AvgIpc) is 3.04. The van der Waals surface area contributed by atoms with Crippen LogP contribution in [0.25, 0.3) is 0 Å². The van der Waals surface area contributed by atoms with Gasteiger partial charge in [-0.2, -0.15) is 0 Å². The summed E-state index contributed by atoms with van der Waals surface area (Å²) in [4.78, 5) is 2.86. The molecule has 1 aliphatic rings. The maximum atomic E-state index is 5.95. The van der Waals surface area contributed by atoms with Gasteiger partial charge in [0, 0.05) is 33.7 Å². The Morgan fingerprint density at radius 1 is 1.30 bits per heavy atom. The maximum Gasteiger partial charge on any atom is 0.123 e. The van der Waals surface area contributed by atoms with Crippen molar-refractivity contribution in [1.29, 1.82) is 0 Å². The Balaban J connectivity index is 1.49. The molecule has 2 nitrogen and oxygen atoms in total. The fourth-order valence-electron chi connectivity index (χ4n) is 2.47. The minimum Gasteiger partial charge on any atom is -0.488 e. The summed E-state index contributed by atoms with van der Waals surface area (Å²) < 4.78 is 7.07. The lowest BCUT2D eigenvalue weighted by atomic mass is 10.1. The Morgan fingerprint density at radius 2 is 2.15 bits per heavy atom. The van der Waals surface area contributed by atoms with Crippen molar-refractivity contribution in [3.05, 3.63) is 50.1 Å². The van der Waals surface area contributed by atoms with Crippen LogP contribution in [-0.4, -0.2) is 12.6 Å². The summed E-state index contributed by atoms with van der Waals surface area (Å²) in [5.41, 5.74) is 1.30. The average molecular weight is 352 g/mol. The first kappa shape index (κ1) is 14.1. The third kappa shape index (κ3) is 3.25. The Bertz CT molecular complexity index is 596. The molecule has 0 radical (unpaired) electrons. The summed E-state index contributed by atoms with van der Waals surface area (Å²) in [7, 11) is 0. The minimum atomic E-state index is 0.255. The van der Waals surface area contributed by atoms with Crippen molar-refractivity contribution in [2.24, 2.45) is 0 Å². The number of fused-ring (bicyclic) bond motifs is 1. The van der Waals surface area contributed by atoms with Crippen molar-refractivity contribution >= 4 is 27.3 Å². The normalized spacial score (nSPS) is 17.0. The van der Waals surface area contributed by atoms with E-state index in [4.69, 9.17) is 4.74 Å². The third-order valence-corrected chi connectivity index (χ3v) is 5.22. The molecule has 0 bridgehead atoms. The van der Waals surface area contributed by atoms with E-state index in [9.17, 15) is 0 Å². The van der Waals surface area contributed by atoms with Crippen LogP contribution >= 0.6 is 27.3 Å². The molecule has 3 rings (SSSR count). The molecule has 1 N–H and O–H groups in total. The number of halogens is 1. The van der Waals surface area contributed by atoms with Gasteiger partial charge in [0.25, 0.3) is 0 Å². The van der Waals surface area contributed by atoms with Gasteiger partial charge in [-0.1, -0.05) is 22.9 Å². The monoisotopic (exact) mass is 351 g/mol. The zero-order valence-electron chi connectivity index (χ0n) is 11.5. The molecule has 0 saturated heterocycles. The number of hydrogen-bond acceptors (Lipinski definition) is 3. The molecule has 0 aliphatic carbocycles. The molecule has 0 amide bonds. The smallest absolute Gasteiger partial charge is 0.123 e. The Labute approximate surface area is 132 Å². The van der Waals surface area contributed by atoms with E-state index in [2.05, 4.69) is 46.4 Å². The number of aryl methyl sites for hydroxylation is 1. The topological polar surface area (TPSA) is 21.3 Å². The maximum absolute atomic E-state index is 5.95. The number of nitrogens with one attached hydrogen (secondary N) is 1. The number of hydrogen-bond donors (Lipinski definition) is 1. The predicted molar refractivity (Wildman–Crippen MR) is 87.7 cm³/mol. The number of ether oxygens (including phenoxy) is 1. The standard InChI is InChI=1S/C16H18BrNOS/c1-2-14-4-5-15(20-14)10-18-9-13-8-11-7-12(17)3-6-16(11)19-13/h3-7,13,18H,2,8-10H2,1H3. The molecule has 1 aromatic carbocycles. The summed E-state index contributed by atoms with van der Waals surface area (Å²) in [6.07, 6.45) is 2.37. The zero-order valence-corrected chi connectivity index (χ0v) is 13.9. The summed E-state index contributed by atoms with van der Waals surface area (Å²) in [5.74, 6) is 1.03. The van der Waals surface area contributed by atoms with E-state index in [1.165, 1.54) is 15.3 Å². The van der Waals surface area contributed by atoms with Crippen molar-refractivity contribution in [2.75, 3.05) is 6.54 Å². The summed E-state index contributed by atoms with van der Waals surface area (Å²) in [5, 5.41) is 3.50. The lowest BCUT2D eigenvalue weighted by Gasteiger charge is -2.11. The van der Waals surface area contributed by atoms with Crippen LogP contribution in [0.15, 0.2) is 34.8 Å². The highest BCUT2D eigenvalue weighted by Gasteiger charge is 2.22. The lowest BCUT2D eigenvalue weighted by Crippen LogP contribution is -2.29. The van der Waals surface area contributed by atoms with Crippen molar-refractivity contribution in [2.45, 2.75) is 32.4 Å². The van der Waals surface area contributed by atoms with Crippen LogP contribution in [0, 0.1) is 0 Å². The molecule has 1 aromatic heterocycles. The van der Waals surface area contributed by atoms with Gasteiger partial charge in [-0.15, -0.1) is 11.3 Å². The summed E-state index contributed by atoms with van der Waals surface area (Å²) in [6, 6.07) is 10.7. The fourth-order valence-corrected chi connectivity index (χ4v) is 3.80. The fraction of sp³-hybridized carbons (Fsp3) is 0.375. The molecular weight excluding hydrogens is 334 g/mol. The number of benzene rings is 1. The molecule has 4 heteroatoms. The van der Waals surface area contributed by atoms with Crippen LogP contribution in [-0.2, 0) is 19.4 Å². The molecule has 106 valence electrons. The molecule has 1 atom stereocenters. The largest absolute Gasteiger partial charge is 0.488 e. The minimum absolute atomic E-state index is 0.255. The lowest BCUT2D eigenvalue weighted by molar-refractivity contribution is 0.227. The summed E-state index contributed by atoms with van der Waals surface area (Å²) in [6.45, 7) is 4.03. The van der Waals surface area contributed by atoms with Crippen LogP contribution in [0.5, 0.6) is 5.75 Å². The number of thiophene rings is 1. The van der Waals surface area contributed by atoms with Gasteiger partial charge in [0.2, 0.25) is 0 Å². The first-order chi connectivity index (χ1) is 9.74. The Kier molecular flexibility index (Phi) is 4.44. The van der Waals surface area contributed by atoms with Gasteiger partial charge in [0.1, 0.15) is 11.9 Å². The number of rotatable bonds is 5. The Hall–Kier alpha value is -0.840. The van der Waals surface area contributed by atoms with Crippen LogP contribution in [0.4, 0.5) is 0 Å². The van der Waals surface area contributed by atoms with Gasteiger partial charge in [-0.3, -0.25) is 0 Å². The van der Waals surface area contributed by atoms with Gasteiger partial charge in [-0.25, -0.2) is 0 Å². The first-order valence-electron chi connectivity index (χ1n) is 6.98. The van der Waals surface area contributed by atoms with E-state index in [0.717, 1.165) is 36.2 Å². The molecule has 2 heterocycles. The van der Waals surface area contributed by atoms with Crippen molar-refractivity contribution < 1.29 is 4.74 Å². The van der Waals surface area contributed by atoms with E-state index in [0.29, 0.717) is 0 Å². The van der Waals surface area contributed by atoms with Gasteiger partial charge >= 0.3 is 0 Å². The highest BCUT2D eigenvalue weighted by atomic mass is 79.9. The van der Waals surface area contributed by atoms with Crippen LogP contribution < -0.4 is 10.1 Å². The summed E-state index contributed by atoms with van der Waals surface area (Å²) >= 11 is 5.40. The van der Waals surface area contributed by atoms with E-state index in [1.807, 2.05) is 23.5 Å². The second-order valence-electron chi connectivity index (χ2n) is 5.05. The van der Waals surface area contributed by atoms with E-state index >= 15 is 0 Å². The van der Waals surface area contributed by atoms with Crippen LogP contribution in [0.3, 0.4) is 0 Å². The molecule has 0 fully saturated rings. The SMILES string of the molecule is CCc1ccc(CNCC2Cc3cc(Br)ccc3O2)s1. The third-order valence-electron chi connectivity index (χ3n) is 3.50. The van der Waals surface area contributed by atoms with Gasteiger partial charge < -0.3 is 10.1 Å². The first-order valence-corrected chi connectivity index (χ1v) is 8.59. The molecule has 1 aliphatic heterocycles. The van der Waals surface area contributed by atoms with Crippen molar-refractivity contribution in [3.63, 3.8) is 0 Å². The second kappa shape index (κ2) is 6.29. The van der Waals surface area contributed by atoms with Gasteiger partial charge in [0.15, 0.2) is 0 Å². The molecule has 0 spiro atoms. The quantitative estimate of drug-likeness (QED) is 0.872. The van der Waals surface area contributed by atoms with Gasteiger partial charge in [0.05, 0.1) is 0 Å². The molecule has 1 unspecified atom stereocenters. The molecule has 0 saturated carbocycles. The molecule has 2 aromatic rings. The Morgan fingerprint density at radius 3 is 2.95 bits per heavy atom. The predicted octanol–water partition coefficient (Wildman–Crippen LogP) is 4.17.